The molecule has 0 spiro atoms. The molecule has 13 heteroatoms. The first-order valence-corrected chi connectivity index (χ1v) is 13.2. The largest absolute Gasteiger partial charge is 0.510 e. The molecule has 3 unspecified atom stereocenters. The average Bonchev–Trinajstić information content (AvgIpc) is 3.61. The van der Waals surface area contributed by atoms with Crippen LogP contribution in [0.3, 0.4) is 0 Å². The van der Waals surface area contributed by atoms with Crippen LogP contribution < -0.4 is 10.6 Å². The van der Waals surface area contributed by atoms with Crippen LogP contribution in [0.5, 0.6) is 0 Å². The highest BCUT2D eigenvalue weighted by atomic mass is 16.7. The summed E-state index contributed by atoms with van der Waals surface area (Å²) in [7, 11) is 3.48. The van der Waals surface area contributed by atoms with Gasteiger partial charge in [-0.25, -0.2) is 19.3 Å². The van der Waals surface area contributed by atoms with Crippen molar-refractivity contribution in [3.05, 3.63) is 29.7 Å². The number of aromatic nitrogens is 5. The van der Waals surface area contributed by atoms with Crippen LogP contribution in [-0.2, 0) is 39.3 Å². The number of nitrogens with one attached hydrogen (secondary N) is 2. The van der Waals surface area contributed by atoms with Gasteiger partial charge < -0.3 is 29.6 Å². The lowest BCUT2D eigenvalue weighted by Gasteiger charge is -2.16. The standard InChI is InChI=1S/C26H37N7O6/c1-6-16(3)28-25(34)39-18-9-8-17(12-18)21-13-22(31-33(21)15-38-26(35)37-7-2)29-24-23-19(10-11-27-24)20(14-36-5)30-32(23)4/h10-11,13,16-18H,6-9,12,14-15H2,1-5H3,(H,28,34)(H,27,29,31). The molecule has 0 saturated heterocycles. The van der Waals surface area contributed by atoms with Gasteiger partial charge in [-0.3, -0.25) is 4.68 Å². The monoisotopic (exact) mass is 543 g/mol. The summed E-state index contributed by atoms with van der Waals surface area (Å²) >= 11 is 0. The predicted octanol–water partition coefficient (Wildman–Crippen LogP) is 4.35. The van der Waals surface area contributed by atoms with Crippen molar-refractivity contribution in [2.24, 2.45) is 7.05 Å². The van der Waals surface area contributed by atoms with E-state index in [1.54, 1.807) is 29.6 Å². The van der Waals surface area contributed by atoms with Crippen molar-refractivity contribution < 1.29 is 28.5 Å². The number of carbonyl (C=O) groups is 2. The van der Waals surface area contributed by atoms with Gasteiger partial charge in [0.05, 0.1) is 18.9 Å². The molecule has 1 fully saturated rings. The van der Waals surface area contributed by atoms with Gasteiger partial charge in [0.15, 0.2) is 18.4 Å². The number of ether oxygens (including phenoxy) is 4. The van der Waals surface area contributed by atoms with Gasteiger partial charge in [0.1, 0.15) is 11.6 Å². The van der Waals surface area contributed by atoms with Gasteiger partial charge in [-0.2, -0.15) is 10.2 Å². The van der Waals surface area contributed by atoms with Crippen molar-refractivity contribution in [2.75, 3.05) is 19.0 Å². The number of aryl methyl sites for hydroxylation is 1. The third-order valence-corrected chi connectivity index (χ3v) is 6.79. The molecule has 2 N–H and O–H groups in total. The van der Waals surface area contributed by atoms with Gasteiger partial charge >= 0.3 is 12.2 Å². The highest BCUT2D eigenvalue weighted by Crippen LogP contribution is 2.37. The van der Waals surface area contributed by atoms with E-state index < -0.39 is 12.2 Å². The smallest absolute Gasteiger partial charge is 0.446 e. The molecular formula is C26H37N7O6. The topological polar surface area (TPSA) is 144 Å². The Bertz CT molecular complexity index is 1290. The minimum atomic E-state index is -0.769. The zero-order valence-electron chi connectivity index (χ0n) is 23.1. The molecule has 0 aromatic carbocycles. The summed E-state index contributed by atoms with van der Waals surface area (Å²) in [6, 6.07) is 3.86. The first-order chi connectivity index (χ1) is 18.8. The van der Waals surface area contributed by atoms with Gasteiger partial charge in [-0.05, 0) is 45.6 Å². The van der Waals surface area contributed by atoms with E-state index in [1.165, 1.54) is 0 Å². The second-order valence-electron chi connectivity index (χ2n) is 9.59. The van der Waals surface area contributed by atoms with Crippen LogP contribution in [0, 0.1) is 0 Å². The molecule has 4 rings (SSSR count). The number of amides is 1. The maximum atomic E-state index is 12.2. The van der Waals surface area contributed by atoms with Gasteiger partial charge in [0, 0.05) is 49.5 Å². The molecule has 1 aliphatic rings. The number of alkyl carbamates (subject to hydrolysis) is 1. The number of rotatable bonds is 11. The molecule has 3 aromatic rings. The number of fused-ring (bicyclic) bond motifs is 1. The fraction of sp³-hybridized carbons (Fsp3) is 0.577. The highest BCUT2D eigenvalue weighted by molar-refractivity contribution is 5.91. The number of anilines is 2. The predicted molar refractivity (Wildman–Crippen MR) is 143 cm³/mol. The Morgan fingerprint density at radius 1 is 1.21 bits per heavy atom. The van der Waals surface area contributed by atoms with E-state index in [0.29, 0.717) is 24.7 Å². The Labute approximate surface area is 227 Å². The van der Waals surface area contributed by atoms with Crippen LogP contribution in [0.2, 0.25) is 0 Å². The van der Waals surface area contributed by atoms with Crippen LogP contribution in [0.25, 0.3) is 10.9 Å². The van der Waals surface area contributed by atoms with Crippen LogP contribution in [0.15, 0.2) is 18.3 Å². The Balaban J connectivity index is 1.55. The molecule has 3 heterocycles. The lowest BCUT2D eigenvalue weighted by atomic mass is 10.0. The Hall–Kier alpha value is -3.87. The molecule has 3 atom stereocenters. The van der Waals surface area contributed by atoms with Crippen molar-refractivity contribution in [1.29, 1.82) is 0 Å². The second-order valence-corrected chi connectivity index (χ2v) is 9.59. The van der Waals surface area contributed by atoms with Crippen molar-refractivity contribution in [1.82, 2.24) is 29.9 Å². The molecule has 0 bridgehead atoms. The first-order valence-electron chi connectivity index (χ1n) is 13.2. The molecule has 0 radical (unpaired) electrons. The lowest BCUT2D eigenvalue weighted by Crippen LogP contribution is -2.34. The van der Waals surface area contributed by atoms with E-state index in [9.17, 15) is 9.59 Å². The zero-order chi connectivity index (χ0) is 27.9. The Morgan fingerprint density at radius 2 is 2.03 bits per heavy atom. The Morgan fingerprint density at radius 3 is 2.77 bits per heavy atom. The summed E-state index contributed by atoms with van der Waals surface area (Å²) in [6.07, 6.45) is 3.30. The summed E-state index contributed by atoms with van der Waals surface area (Å²) in [5.74, 6) is 1.17. The number of methoxy groups -OCH3 is 1. The fourth-order valence-corrected chi connectivity index (χ4v) is 4.76. The normalized spacial score (nSPS) is 17.7. The first kappa shape index (κ1) is 28.1. The maximum absolute atomic E-state index is 12.2. The van der Waals surface area contributed by atoms with Crippen LogP contribution in [0.1, 0.15) is 63.8 Å². The van der Waals surface area contributed by atoms with E-state index in [2.05, 4.69) is 25.8 Å². The zero-order valence-corrected chi connectivity index (χ0v) is 23.1. The molecule has 39 heavy (non-hydrogen) atoms. The van der Waals surface area contributed by atoms with Crippen molar-refractivity contribution in [3.8, 4) is 0 Å². The van der Waals surface area contributed by atoms with Crippen molar-refractivity contribution in [3.63, 3.8) is 0 Å². The van der Waals surface area contributed by atoms with Crippen LogP contribution in [-0.4, -0.2) is 62.7 Å². The van der Waals surface area contributed by atoms with Crippen molar-refractivity contribution in [2.45, 2.75) is 77.9 Å². The summed E-state index contributed by atoms with van der Waals surface area (Å²) < 4.78 is 24.5. The SMILES string of the molecule is CCOC(=O)OCn1nc(Nc2nccc3c(COC)nn(C)c23)cc1C1CCC(OC(=O)NC(C)CC)C1. The van der Waals surface area contributed by atoms with Crippen LogP contribution >= 0.6 is 0 Å². The fourth-order valence-electron chi connectivity index (χ4n) is 4.76. The van der Waals surface area contributed by atoms with E-state index in [0.717, 1.165) is 41.6 Å². The molecule has 1 aliphatic carbocycles. The van der Waals surface area contributed by atoms with E-state index in [4.69, 9.17) is 18.9 Å². The summed E-state index contributed by atoms with van der Waals surface area (Å²) in [6.45, 7) is 6.13. The van der Waals surface area contributed by atoms with E-state index in [1.807, 2.05) is 33.0 Å². The van der Waals surface area contributed by atoms with Crippen LogP contribution in [0.4, 0.5) is 21.2 Å². The molecule has 212 valence electrons. The molecule has 3 aromatic heterocycles. The summed E-state index contributed by atoms with van der Waals surface area (Å²) in [5, 5.41) is 16.3. The quantitative estimate of drug-likeness (QED) is 0.335. The van der Waals surface area contributed by atoms with E-state index in [-0.39, 0.29) is 31.4 Å². The minimum absolute atomic E-state index is 0.0489. The highest BCUT2D eigenvalue weighted by Gasteiger charge is 2.32. The molecule has 13 nitrogen and oxygen atoms in total. The van der Waals surface area contributed by atoms with Gasteiger partial charge in [0.25, 0.3) is 0 Å². The third kappa shape index (κ3) is 6.77. The number of hydrogen-bond donors (Lipinski definition) is 2. The average molecular weight is 544 g/mol. The number of pyridine rings is 1. The number of nitrogens with zero attached hydrogens (tertiary/aromatic N) is 5. The minimum Gasteiger partial charge on any atom is -0.446 e. The number of hydrogen-bond acceptors (Lipinski definition) is 10. The molecular weight excluding hydrogens is 506 g/mol. The molecule has 1 amide bonds. The van der Waals surface area contributed by atoms with E-state index >= 15 is 0 Å². The third-order valence-electron chi connectivity index (χ3n) is 6.79. The molecule has 1 saturated carbocycles. The second kappa shape index (κ2) is 12.8. The Kier molecular flexibility index (Phi) is 9.23. The maximum Gasteiger partial charge on any atom is 0.510 e. The lowest BCUT2D eigenvalue weighted by molar-refractivity contribution is 0.0323. The summed E-state index contributed by atoms with van der Waals surface area (Å²) in [5.41, 5.74) is 2.47. The van der Waals surface area contributed by atoms with Gasteiger partial charge in [-0.15, -0.1) is 0 Å². The number of carbonyl (C=O) groups excluding carboxylic acids is 2. The van der Waals surface area contributed by atoms with Gasteiger partial charge in [-0.1, -0.05) is 6.92 Å². The van der Waals surface area contributed by atoms with Crippen molar-refractivity contribution >= 4 is 34.8 Å². The summed E-state index contributed by atoms with van der Waals surface area (Å²) in [4.78, 5) is 28.6. The molecule has 0 aliphatic heterocycles. The van der Waals surface area contributed by atoms with Gasteiger partial charge in [0.2, 0.25) is 0 Å².